The third-order valence-electron chi connectivity index (χ3n) is 10.0. The van der Waals surface area contributed by atoms with Crippen molar-refractivity contribution in [3.05, 3.63) is 120 Å². The number of hydrogen-bond donors (Lipinski definition) is 2. The Labute approximate surface area is 296 Å². The van der Waals surface area contributed by atoms with Gasteiger partial charge >= 0.3 is 0 Å². The summed E-state index contributed by atoms with van der Waals surface area (Å²) in [6.45, 7) is 2.71. The molecule has 0 aromatic carbocycles. The largest absolute Gasteiger partial charge is 0.352 e. The summed E-state index contributed by atoms with van der Waals surface area (Å²) in [5, 5.41) is 6.68. The number of hydrogen-bond acceptors (Lipinski definition) is 8. The first kappa shape index (κ1) is 35.3. The lowest BCUT2D eigenvalue weighted by Crippen LogP contribution is -2.53. The number of carbonyl (C=O) groups excluding carboxylic acids is 2. The lowest BCUT2D eigenvalue weighted by atomic mass is 9.88. The fourth-order valence-corrected chi connectivity index (χ4v) is 7.60. The molecule has 0 spiro atoms. The molecule has 0 unspecified atom stereocenters. The zero-order valence-corrected chi connectivity index (χ0v) is 28.9. The number of rotatable bonds is 15. The van der Waals surface area contributed by atoms with Crippen LogP contribution in [0.15, 0.2) is 97.6 Å². The van der Waals surface area contributed by atoms with Crippen LogP contribution in [0.3, 0.4) is 0 Å². The Hall–Kier alpha value is -4.54. The van der Waals surface area contributed by atoms with E-state index in [1.807, 2.05) is 97.6 Å². The van der Waals surface area contributed by atoms with E-state index in [1.54, 1.807) is 0 Å². The molecule has 4 heterocycles. The van der Waals surface area contributed by atoms with E-state index in [0.717, 1.165) is 74.1 Å². The van der Waals surface area contributed by atoms with Gasteiger partial charge in [0.1, 0.15) is 0 Å². The Morgan fingerprint density at radius 1 is 0.500 bits per heavy atom. The molecule has 10 nitrogen and oxygen atoms in total. The van der Waals surface area contributed by atoms with E-state index in [-0.39, 0.29) is 48.8 Å². The standard InChI is InChI=1S/C40H50N8O2/c49-39(45-35-17-1-3-19-37(35)47(27-31-13-5-9-23-41-31)28-32-14-6-10-24-42-32)21-22-40(50)46-36-18-2-4-20-38(36)48(29-33-15-7-11-25-43-33)30-34-16-8-12-26-44-34/h5-16,23-26,35-38H,1-4,17-22,27-30H2,(H,45,49)(H,46,50)/t35-,36-,37-,38-/m1/s1. The molecule has 2 amide bonds. The molecule has 6 rings (SSSR count). The maximum absolute atomic E-state index is 13.4. The van der Waals surface area contributed by atoms with Crippen LogP contribution >= 0.6 is 0 Å². The van der Waals surface area contributed by atoms with E-state index >= 15 is 0 Å². The van der Waals surface area contributed by atoms with Crippen molar-refractivity contribution < 1.29 is 9.59 Å². The summed E-state index contributed by atoms with van der Waals surface area (Å²) in [7, 11) is 0. The van der Waals surface area contributed by atoms with Gasteiger partial charge in [-0.25, -0.2) is 0 Å². The summed E-state index contributed by atoms with van der Waals surface area (Å²) < 4.78 is 0. The van der Waals surface area contributed by atoms with Gasteiger partial charge in [-0.3, -0.25) is 39.3 Å². The zero-order chi connectivity index (χ0) is 34.4. The molecule has 2 N–H and O–H groups in total. The molecule has 4 aromatic heterocycles. The molecule has 4 aromatic rings. The normalized spacial score (nSPS) is 20.8. The second-order valence-electron chi connectivity index (χ2n) is 13.6. The number of nitrogens with zero attached hydrogens (tertiary/aromatic N) is 6. The molecule has 2 fully saturated rings. The Balaban J connectivity index is 1.06. The number of nitrogens with one attached hydrogen (secondary N) is 2. The number of aromatic nitrogens is 4. The molecular weight excluding hydrogens is 624 g/mol. The summed E-state index contributed by atoms with van der Waals surface area (Å²) in [5.41, 5.74) is 3.98. The van der Waals surface area contributed by atoms with Crippen LogP contribution in [-0.2, 0) is 35.8 Å². The molecule has 10 heteroatoms. The van der Waals surface area contributed by atoms with E-state index in [4.69, 9.17) is 0 Å². The van der Waals surface area contributed by atoms with E-state index in [1.165, 1.54) is 0 Å². The van der Waals surface area contributed by atoms with Gasteiger partial charge in [0.15, 0.2) is 0 Å². The van der Waals surface area contributed by atoms with Gasteiger partial charge in [-0.15, -0.1) is 0 Å². The van der Waals surface area contributed by atoms with Crippen LogP contribution in [0.25, 0.3) is 0 Å². The zero-order valence-electron chi connectivity index (χ0n) is 28.9. The van der Waals surface area contributed by atoms with E-state index < -0.39 is 0 Å². The number of carbonyl (C=O) groups is 2. The van der Waals surface area contributed by atoms with Gasteiger partial charge in [0.2, 0.25) is 11.8 Å². The molecule has 0 aliphatic heterocycles. The monoisotopic (exact) mass is 674 g/mol. The van der Waals surface area contributed by atoms with Crippen molar-refractivity contribution in [3.63, 3.8) is 0 Å². The molecule has 2 aliphatic rings. The third kappa shape index (κ3) is 10.5. The predicted molar refractivity (Wildman–Crippen MR) is 193 cm³/mol. The first-order valence-corrected chi connectivity index (χ1v) is 18.3. The average molecular weight is 675 g/mol. The second kappa shape index (κ2) is 18.5. The minimum Gasteiger partial charge on any atom is -0.352 e. The van der Waals surface area contributed by atoms with Crippen molar-refractivity contribution in [1.82, 2.24) is 40.4 Å². The fourth-order valence-electron chi connectivity index (χ4n) is 7.60. The van der Waals surface area contributed by atoms with Gasteiger partial charge in [-0.05, 0) is 74.2 Å². The van der Waals surface area contributed by atoms with E-state index in [0.29, 0.717) is 26.2 Å². The third-order valence-corrected chi connectivity index (χ3v) is 10.0. The van der Waals surface area contributed by atoms with Crippen LogP contribution in [0, 0.1) is 0 Å². The van der Waals surface area contributed by atoms with E-state index in [9.17, 15) is 9.59 Å². The second-order valence-corrected chi connectivity index (χ2v) is 13.6. The Kier molecular flexibility index (Phi) is 13.0. The Bertz CT molecular complexity index is 1390. The molecule has 0 bridgehead atoms. The highest BCUT2D eigenvalue weighted by molar-refractivity contribution is 5.84. The highest BCUT2D eigenvalue weighted by atomic mass is 16.2. The molecule has 2 aliphatic carbocycles. The van der Waals surface area contributed by atoms with Crippen LogP contribution in [-0.4, -0.2) is 65.7 Å². The highest BCUT2D eigenvalue weighted by Gasteiger charge is 2.34. The van der Waals surface area contributed by atoms with Crippen molar-refractivity contribution in [2.24, 2.45) is 0 Å². The van der Waals surface area contributed by atoms with Crippen LogP contribution in [0.5, 0.6) is 0 Å². The average Bonchev–Trinajstić information content (AvgIpc) is 3.16. The van der Waals surface area contributed by atoms with Crippen molar-refractivity contribution in [2.45, 2.75) is 115 Å². The molecule has 2 saturated carbocycles. The van der Waals surface area contributed by atoms with Crippen molar-refractivity contribution in [2.75, 3.05) is 0 Å². The predicted octanol–water partition coefficient (Wildman–Crippen LogP) is 5.61. The first-order chi connectivity index (χ1) is 24.6. The lowest BCUT2D eigenvalue weighted by molar-refractivity contribution is -0.128. The summed E-state index contributed by atoms with van der Waals surface area (Å²) in [6, 6.07) is 24.3. The first-order valence-electron chi connectivity index (χ1n) is 18.3. The van der Waals surface area contributed by atoms with E-state index in [2.05, 4.69) is 40.4 Å². The van der Waals surface area contributed by atoms with Crippen LogP contribution < -0.4 is 10.6 Å². The van der Waals surface area contributed by atoms with Gasteiger partial charge < -0.3 is 10.6 Å². The summed E-state index contributed by atoms with van der Waals surface area (Å²) in [6.07, 6.45) is 15.8. The molecule has 0 radical (unpaired) electrons. The summed E-state index contributed by atoms with van der Waals surface area (Å²) in [4.78, 5) is 50.0. The van der Waals surface area contributed by atoms with Crippen molar-refractivity contribution in [1.29, 1.82) is 0 Å². The number of pyridine rings is 4. The molecule has 4 atom stereocenters. The molecular formula is C40H50N8O2. The lowest BCUT2D eigenvalue weighted by Gasteiger charge is -2.40. The van der Waals surface area contributed by atoms with Gasteiger partial charge in [0.05, 0.1) is 22.8 Å². The maximum atomic E-state index is 13.4. The van der Waals surface area contributed by atoms with Crippen LogP contribution in [0.2, 0.25) is 0 Å². The van der Waals surface area contributed by atoms with Gasteiger partial charge in [-0.1, -0.05) is 49.9 Å². The SMILES string of the molecule is O=C(CCC(=O)N[C@@H]1CCCC[C@H]1N(Cc1ccccn1)Cc1ccccn1)N[C@@H]1CCCC[C@H]1N(Cc1ccccn1)Cc1ccccn1. The number of amides is 2. The van der Waals surface area contributed by atoms with Crippen molar-refractivity contribution >= 4 is 11.8 Å². The molecule has 50 heavy (non-hydrogen) atoms. The maximum Gasteiger partial charge on any atom is 0.220 e. The molecule has 0 saturated heterocycles. The highest BCUT2D eigenvalue weighted by Crippen LogP contribution is 2.28. The Morgan fingerprint density at radius 3 is 1.12 bits per heavy atom. The minimum absolute atomic E-state index is 0.00112. The fraction of sp³-hybridized carbons (Fsp3) is 0.450. The Morgan fingerprint density at radius 2 is 0.820 bits per heavy atom. The quantitative estimate of drug-likeness (QED) is 0.167. The van der Waals surface area contributed by atoms with Gasteiger partial charge in [-0.2, -0.15) is 0 Å². The minimum atomic E-state index is -0.0696. The summed E-state index contributed by atoms with van der Waals surface area (Å²) in [5.74, 6) is -0.139. The molecule has 262 valence electrons. The topological polar surface area (TPSA) is 116 Å². The van der Waals surface area contributed by atoms with Crippen molar-refractivity contribution in [3.8, 4) is 0 Å². The summed E-state index contributed by atoms with van der Waals surface area (Å²) >= 11 is 0. The van der Waals surface area contributed by atoms with Crippen LogP contribution in [0.4, 0.5) is 0 Å². The smallest absolute Gasteiger partial charge is 0.220 e. The van der Waals surface area contributed by atoms with Gasteiger partial charge in [0.25, 0.3) is 0 Å². The van der Waals surface area contributed by atoms with Crippen LogP contribution in [0.1, 0.15) is 87.0 Å². The van der Waals surface area contributed by atoms with Gasteiger partial charge in [0, 0.05) is 88.0 Å².